The molecule has 0 heterocycles. The van der Waals surface area contributed by atoms with Gasteiger partial charge in [0.1, 0.15) is 0 Å². The first kappa shape index (κ1) is 17.0. The molecule has 0 saturated carbocycles. The van der Waals surface area contributed by atoms with E-state index in [1.807, 2.05) is 19.1 Å². The van der Waals surface area contributed by atoms with Gasteiger partial charge in [0, 0.05) is 6.42 Å². The van der Waals surface area contributed by atoms with Gasteiger partial charge in [0.2, 0.25) is 11.4 Å². The summed E-state index contributed by atoms with van der Waals surface area (Å²) in [5.74, 6) is -3.10. The molecular weight excluding hydrogens is 287 g/mol. The number of halogens is 3. The van der Waals surface area contributed by atoms with E-state index in [9.17, 15) is 22.8 Å². The lowest BCUT2D eigenvalue weighted by Crippen LogP contribution is -2.61. The van der Waals surface area contributed by atoms with E-state index >= 15 is 0 Å². The van der Waals surface area contributed by atoms with Crippen LogP contribution in [0.15, 0.2) is 24.3 Å². The predicted octanol–water partition coefficient (Wildman–Crippen LogP) is 2.45. The van der Waals surface area contributed by atoms with Crippen LogP contribution in [-0.4, -0.2) is 28.7 Å². The summed E-state index contributed by atoms with van der Waals surface area (Å²) in [6.07, 6.45) is -5.05. The van der Waals surface area contributed by atoms with Gasteiger partial charge in [0.05, 0.1) is 0 Å². The number of hydrogen-bond donors (Lipinski definition) is 2. The number of carboxylic acids is 1. The first-order valence-electron chi connectivity index (χ1n) is 6.23. The van der Waals surface area contributed by atoms with E-state index in [2.05, 4.69) is 0 Å². The highest BCUT2D eigenvalue weighted by molar-refractivity contribution is 5.87. The van der Waals surface area contributed by atoms with E-state index in [0.29, 0.717) is 6.92 Å². The molecule has 0 fully saturated rings. The summed E-state index contributed by atoms with van der Waals surface area (Å²) in [7, 11) is 0. The average Bonchev–Trinajstić information content (AvgIpc) is 2.36. The molecule has 7 heteroatoms. The van der Waals surface area contributed by atoms with Crippen LogP contribution in [0.4, 0.5) is 13.2 Å². The number of aryl methyl sites for hydroxylation is 2. The summed E-state index contributed by atoms with van der Waals surface area (Å²) < 4.78 is 38.2. The van der Waals surface area contributed by atoms with Gasteiger partial charge in [-0.05, 0) is 31.4 Å². The van der Waals surface area contributed by atoms with Crippen molar-refractivity contribution in [1.82, 2.24) is 5.32 Å². The fourth-order valence-corrected chi connectivity index (χ4v) is 1.73. The van der Waals surface area contributed by atoms with Crippen molar-refractivity contribution in [1.29, 1.82) is 0 Å². The smallest absolute Gasteiger partial charge is 0.422 e. The van der Waals surface area contributed by atoms with Gasteiger partial charge in [-0.25, -0.2) is 4.79 Å². The summed E-state index contributed by atoms with van der Waals surface area (Å²) in [4.78, 5) is 22.4. The second-order valence-corrected chi connectivity index (χ2v) is 4.90. The Hall–Kier alpha value is -2.05. The maximum Gasteiger partial charge on any atom is 0.422 e. The maximum atomic E-state index is 12.7. The SMILES string of the molecule is Cc1ccccc1CCC(=O)NC(C)(C(=O)O)C(F)(F)F. The molecule has 1 atom stereocenters. The van der Waals surface area contributed by atoms with Crippen LogP contribution in [0.2, 0.25) is 0 Å². The van der Waals surface area contributed by atoms with E-state index in [1.165, 1.54) is 0 Å². The number of aliphatic carboxylic acids is 1. The Kier molecular flexibility index (Phi) is 4.98. The summed E-state index contributed by atoms with van der Waals surface area (Å²) >= 11 is 0. The molecule has 1 amide bonds. The van der Waals surface area contributed by atoms with E-state index < -0.39 is 23.6 Å². The average molecular weight is 303 g/mol. The topological polar surface area (TPSA) is 66.4 Å². The van der Waals surface area contributed by atoms with Crippen molar-refractivity contribution in [3.63, 3.8) is 0 Å². The molecule has 0 aromatic heterocycles. The Morgan fingerprint density at radius 2 is 1.81 bits per heavy atom. The molecule has 2 N–H and O–H groups in total. The van der Waals surface area contributed by atoms with Crippen LogP contribution in [0.5, 0.6) is 0 Å². The minimum absolute atomic E-state index is 0.218. The largest absolute Gasteiger partial charge is 0.479 e. The van der Waals surface area contributed by atoms with Crippen molar-refractivity contribution in [2.24, 2.45) is 0 Å². The van der Waals surface area contributed by atoms with Crippen LogP contribution in [0, 0.1) is 6.92 Å². The molecular formula is C14H16F3NO3. The van der Waals surface area contributed by atoms with E-state index in [-0.39, 0.29) is 12.8 Å². The predicted molar refractivity (Wildman–Crippen MR) is 69.7 cm³/mol. The molecule has 1 rings (SSSR count). The Labute approximate surface area is 120 Å². The fourth-order valence-electron chi connectivity index (χ4n) is 1.73. The van der Waals surface area contributed by atoms with Gasteiger partial charge in [-0.1, -0.05) is 24.3 Å². The van der Waals surface area contributed by atoms with Crippen LogP contribution >= 0.6 is 0 Å². The molecule has 0 spiro atoms. The van der Waals surface area contributed by atoms with Gasteiger partial charge in [-0.2, -0.15) is 13.2 Å². The molecule has 0 radical (unpaired) electrons. The molecule has 0 aliphatic rings. The second kappa shape index (κ2) is 6.15. The number of carbonyl (C=O) groups is 2. The van der Waals surface area contributed by atoms with Crippen molar-refractivity contribution in [3.8, 4) is 0 Å². The molecule has 21 heavy (non-hydrogen) atoms. The zero-order valence-corrected chi connectivity index (χ0v) is 11.6. The monoisotopic (exact) mass is 303 g/mol. The summed E-state index contributed by atoms with van der Waals surface area (Å²) in [5.41, 5.74) is -1.53. The third kappa shape index (κ3) is 3.96. The lowest BCUT2D eigenvalue weighted by molar-refractivity contribution is -0.207. The lowest BCUT2D eigenvalue weighted by Gasteiger charge is -2.28. The first-order chi connectivity index (χ1) is 9.58. The number of rotatable bonds is 5. The quantitative estimate of drug-likeness (QED) is 0.878. The van der Waals surface area contributed by atoms with Crippen LogP contribution in [0.1, 0.15) is 24.5 Å². The fraction of sp³-hybridized carbons (Fsp3) is 0.429. The first-order valence-corrected chi connectivity index (χ1v) is 6.23. The Morgan fingerprint density at radius 3 is 2.29 bits per heavy atom. The van der Waals surface area contributed by atoms with Crippen molar-refractivity contribution in [2.45, 2.75) is 38.4 Å². The molecule has 0 aliphatic carbocycles. The molecule has 0 aliphatic heterocycles. The van der Waals surface area contributed by atoms with Gasteiger partial charge in [-0.3, -0.25) is 4.79 Å². The van der Waals surface area contributed by atoms with Crippen molar-refractivity contribution in [3.05, 3.63) is 35.4 Å². The molecule has 0 saturated heterocycles. The van der Waals surface area contributed by atoms with Gasteiger partial charge >= 0.3 is 12.1 Å². The third-order valence-electron chi connectivity index (χ3n) is 3.27. The zero-order chi connectivity index (χ0) is 16.3. The van der Waals surface area contributed by atoms with Crippen LogP contribution in [0.25, 0.3) is 0 Å². The molecule has 116 valence electrons. The summed E-state index contributed by atoms with van der Waals surface area (Å²) in [5, 5.41) is 10.3. The van der Waals surface area contributed by atoms with Gasteiger partial charge in [-0.15, -0.1) is 0 Å². The van der Waals surface area contributed by atoms with Crippen molar-refractivity contribution in [2.75, 3.05) is 0 Å². The zero-order valence-electron chi connectivity index (χ0n) is 11.6. The van der Waals surface area contributed by atoms with Crippen LogP contribution in [0.3, 0.4) is 0 Å². The number of carboxylic acid groups (broad SMARTS) is 1. The number of amides is 1. The lowest BCUT2D eigenvalue weighted by atomic mass is 10.0. The summed E-state index contributed by atoms with van der Waals surface area (Å²) in [6.45, 7) is 2.26. The van der Waals surface area contributed by atoms with Gasteiger partial charge in [0.25, 0.3) is 0 Å². The number of carbonyl (C=O) groups excluding carboxylic acids is 1. The Morgan fingerprint density at radius 1 is 1.24 bits per heavy atom. The standard InChI is InChI=1S/C14H16F3NO3/c1-9-5-3-4-6-10(9)7-8-11(19)18-13(2,12(20)21)14(15,16)17/h3-6H,7-8H2,1-2H3,(H,18,19)(H,20,21). The molecule has 0 bridgehead atoms. The maximum absolute atomic E-state index is 12.7. The molecule has 1 unspecified atom stereocenters. The molecule has 4 nitrogen and oxygen atoms in total. The van der Waals surface area contributed by atoms with E-state index in [4.69, 9.17) is 5.11 Å². The number of hydrogen-bond acceptors (Lipinski definition) is 2. The minimum atomic E-state index is -5.07. The third-order valence-corrected chi connectivity index (χ3v) is 3.27. The summed E-state index contributed by atoms with van der Waals surface area (Å²) in [6, 6.07) is 7.16. The number of nitrogens with one attached hydrogen (secondary N) is 1. The van der Waals surface area contributed by atoms with Crippen molar-refractivity contribution < 1.29 is 27.9 Å². The van der Waals surface area contributed by atoms with Crippen molar-refractivity contribution >= 4 is 11.9 Å². The Bertz CT molecular complexity index is 543. The van der Waals surface area contributed by atoms with Gasteiger partial charge in [0.15, 0.2) is 0 Å². The molecule has 1 aromatic rings. The van der Waals surface area contributed by atoms with Crippen LogP contribution in [-0.2, 0) is 16.0 Å². The van der Waals surface area contributed by atoms with Gasteiger partial charge < -0.3 is 10.4 Å². The van der Waals surface area contributed by atoms with E-state index in [1.54, 1.807) is 17.4 Å². The number of alkyl halides is 3. The second-order valence-electron chi connectivity index (χ2n) is 4.90. The highest BCUT2D eigenvalue weighted by Crippen LogP contribution is 2.30. The normalized spacial score (nSPS) is 14.3. The highest BCUT2D eigenvalue weighted by Gasteiger charge is 2.58. The number of benzene rings is 1. The molecule has 1 aromatic carbocycles. The highest BCUT2D eigenvalue weighted by atomic mass is 19.4. The Balaban J connectivity index is 2.73. The van der Waals surface area contributed by atoms with E-state index in [0.717, 1.165) is 11.1 Å². The minimum Gasteiger partial charge on any atom is -0.479 e. The van der Waals surface area contributed by atoms with Crippen LogP contribution < -0.4 is 5.32 Å².